The number of aliphatic hydroxyl groups excluding tert-OH is 2. The normalized spacial score (nSPS) is 7.41. The summed E-state index contributed by atoms with van der Waals surface area (Å²) in [5.74, 6) is 0.792. The van der Waals surface area contributed by atoms with E-state index in [2.05, 4.69) is 6.92 Å². The molecule has 0 aliphatic heterocycles. The van der Waals surface area contributed by atoms with E-state index in [0.717, 1.165) is 25.1 Å². The predicted molar refractivity (Wildman–Crippen MR) is 84.1 cm³/mol. The lowest BCUT2D eigenvalue weighted by Gasteiger charge is -1.90. The first-order valence-corrected chi connectivity index (χ1v) is 6.56. The van der Waals surface area contributed by atoms with Crippen LogP contribution in [0.15, 0.2) is 0 Å². The topological polar surface area (TPSA) is 40.5 Å². The third-order valence-electron chi connectivity index (χ3n) is 1.42. The Morgan fingerprint density at radius 3 is 1.29 bits per heavy atom. The molecule has 0 aliphatic rings. The van der Waals surface area contributed by atoms with E-state index in [1.54, 1.807) is 0 Å². The summed E-state index contributed by atoms with van der Waals surface area (Å²) in [6.07, 6.45) is 6.64. The highest BCUT2D eigenvalue weighted by Crippen LogP contribution is 1.96. The van der Waals surface area contributed by atoms with Crippen LogP contribution in [-0.4, -0.2) is 29.3 Å². The maximum absolute atomic E-state index is 8.29. The molecular weight excluding hydrogens is 282 g/mol. The summed E-state index contributed by atoms with van der Waals surface area (Å²) in [7, 11) is 0. The second-order valence-corrected chi connectivity index (χ2v) is 3.57. The average molecular weight is 314 g/mol. The van der Waals surface area contributed by atoms with Crippen molar-refractivity contribution in [3.63, 3.8) is 0 Å². The molecule has 112 valence electrons. The van der Waals surface area contributed by atoms with Gasteiger partial charge >= 0.3 is 0 Å². The van der Waals surface area contributed by atoms with Crippen LogP contribution in [0.3, 0.4) is 0 Å². The molecule has 2 nitrogen and oxygen atoms in total. The van der Waals surface area contributed by atoms with Gasteiger partial charge in [0, 0.05) is 19.1 Å². The second-order valence-electron chi connectivity index (χ2n) is 3.20. The van der Waals surface area contributed by atoms with Crippen molar-refractivity contribution >= 4 is 36.4 Å². The molecule has 0 amide bonds. The SMILES string of the molecule is CCCCCCO.CCCCl.CCCO.Cl.Cl. The van der Waals surface area contributed by atoms with Crippen LogP contribution < -0.4 is 0 Å². The quantitative estimate of drug-likeness (QED) is 0.562. The molecule has 0 bridgehead atoms. The summed E-state index contributed by atoms with van der Waals surface area (Å²) in [4.78, 5) is 0. The Morgan fingerprint density at radius 1 is 0.706 bits per heavy atom. The third kappa shape index (κ3) is 79.7. The zero-order chi connectivity index (χ0) is 12.4. The van der Waals surface area contributed by atoms with Crippen molar-refractivity contribution in [3.8, 4) is 0 Å². The summed E-state index contributed by atoms with van der Waals surface area (Å²) in [6.45, 7) is 6.82. The molecule has 5 heteroatoms. The summed E-state index contributed by atoms with van der Waals surface area (Å²) in [5.41, 5.74) is 0. The van der Waals surface area contributed by atoms with Gasteiger partial charge in [-0.25, -0.2) is 0 Å². The number of halogens is 3. The fourth-order valence-electron chi connectivity index (χ4n) is 0.539. The van der Waals surface area contributed by atoms with E-state index in [1.807, 2.05) is 13.8 Å². The molecule has 0 heterocycles. The Balaban J connectivity index is -0.0000000425. The molecule has 0 unspecified atom stereocenters. The predicted octanol–water partition coefficient (Wildman–Crippen LogP) is 4.43. The first-order chi connectivity index (χ1) is 7.24. The molecule has 0 aromatic carbocycles. The monoisotopic (exact) mass is 312 g/mol. The summed E-state index contributed by atoms with van der Waals surface area (Å²) in [6, 6.07) is 0. The van der Waals surface area contributed by atoms with E-state index in [9.17, 15) is 0 Å². The minimum absolute atomic E-state index is 0. The van der Waals surface area contributed by atoms with Gasteiger partial charge in [-0.15, -0.1) is 36.4 Å². The van der Waals surface area contributed by atoms with E-state index in [0.29, 0.717) is 13.2 Å². The molecule has 0 aliphatic carbocycles. The van der Waals surface area contributed by atoms with Gasteiger partial charge in [0.1, 0.15) is 0 Å². The zero-order valence-electron chi connectivity index (χ0n) is 11.5. The van der Waals surface area contributed by atoms with E-state index in [-0.39, 0.29) is 24.8 Å². The number of rotatable bonds is 6. The van der Waals surface area contributed by atoms with Gasteiger partial charge in [0.05, 0.1) is 0 Å². The lowest BCUT2D eigenvalue weighted by molar-refractivity contribution is 0.283. The lowest BCUT2D eigenvalue weighted by Crippen LogP contribution is -1.80. The first kappa shape index (κ1) is 30.7. The van der Waals surface area contributed by atoms with Crippen molar-refractivity contribution in [3.05, 3.63) is 0 Å². The van der Waals surface area contributed by atoms with E-state index >= 15 is 0 Å². The lowest BCUT2D eigenvalue weighted by atomic mass is 10.2. The Labute approximate surface area is 125 Å². The number of unbranched alkanes of at least 4 members (excludes halogenated alkanes) is 3. The molecule has 17 heavy (non-hydrogen) atoms. The van der Waals surface area contributed by atoms with Crippen LogP contribution in [0.4, 0.5) is 0 Å². The Kier molecular flexibility index (Phi) is 78.8. The summed E-state index contributed by atoms with van der Waals surface area (Å²) >= 11 is 5.19. The average Bonchev–Trinajstić information content (AvgIpc) is 2.30. The molecule has 0 rings (SSSR count). The van der Waals surface area contributed by atoms with Crippen LogP contribution in [-0.2, 0) is 0 Å². The number of hydrogen-bond donors (Lipinski definition) is 2. The molecule has 0 atom stereocenters. The largest absolute Gasteiger partial charge is 0.396 e. The molecule has 0 aromatic rings. The Bertz CT molecular complexity index is 64.8. The van der Waals surface area contributed by atoms with Crippen molar-refractivity contribution in [2.24, 2.45) is 0 Å². The van der Waals surface area contributed by atoms with Crippen LogP contribution >= 0.6 is 36.4 Å². The molecule has 0 radical (unpaired) electrons. The Morgan fingerprint density at radius 2 is 1.12 bits per heavy atom. The van der Waals surface area contributed by atoms with Crippen LogP contribution in [0.5, 0.6) is 0 Å². The minimum atomic E-state index is 0. The molecular formula is C12H31Cl3O2. The summed E-state index contributed by atoms with van der Waals surface area (Å²) in [5, 5.41) is 16.2. The molecule has 0 spiro atoms. The van der Waals surface area contributed by atoms with E-state index < -0.39 is 0 Å². The first-order valence-electron chi connectivity index (χ1n) is 6.02. The number of aliphatic hydroxyl groups is 2. The third-order valence-corrected chi connectivity index (χ3v) is 1.80. The standard InChI is InChI=1S/C6H14O.C3H7Cl.C3H8O.2ClH/c1-2-3-4-5-6-7;2*1-2-3-4;;/h7H,2-6H2,1H3;2-3H2,1H3;4H,2-3H2,1H3;2*1H. The van der Waals surface area contributed by atoms with E-state index in [4.69, 9.17) is 21.8 Å². The summed E-state index contributed by atoms with van der Waals surface area (Å²) < 4.78 is 0. The van der Waals surface area contributed by atoms with Gasteiger partial charge in [-0.1, -0.05) is 40.0 Å². The van der Waals surface area contributed by atoms with Crippen molar-refractivity contribution in [1.29, 1.82) is 0 Å². The van der Waals surface area contributed by atoms with Gasteiger partial charge in [-0.05, 0) is 19.3 Å². The molecule has 0 aromatic heterocycles. The molecule has 0 saturated heterocycles. The van der Waals surface area contributed by atoms with Gasteiger partial charge in [0.25, 0.3) is 0 Å². The second kappa shape index (κ2) is 43.7. The van der Waals surface area contributed by atoms with Gasteiger partial charge in [-0.2, -0.15) is 0 Å². The van der Waals surface area contributed by atoms with Gasteiger partial charge in [-0.3, -0.25) is 0 Å². The van der Waals surface area contributed by atoms with Crippen molar-refractivity contribution < 1.29 is 10.2 Å². The van der Waals surface area contributed by atoms with Crippen LogP contribution in [0, 0.1) is 0 Å². The highest BCUT2D eigenvalue weighted by Gasteiger charge is 1.80. The zero-order valence-corrected chi connectivity index (χ0v) is 13.8. The maximum atomic E-state index is 8.29. The van der Waals surface area contributed by atoms with Crippen LogP contribution in [0.2, 0.25) is 0 Å². The van der Waals surface area contributed by atoms with E-state index in [1.165, 1.54) is 19.3 Å². The van der Waals surface area contributed by atoms with Gasteiger partial charge in [0.15, 0.2) is 0 Å². The molecule has 0 saturated carbocycles. The van der Waals surface area contributed by atoms with Crippen molar-refractivity contribution in [2.45, 2.75) is 59.3 Å². The van der Waals surface area contributed by atoms with Gasteiger partial charge < -0.3 is 10.2 Å². The molecule has 2 N–H and O–H groups in total. The fraction of sp³-hybridized carbons (Fsp3) is 1.00. The number of alkyl halides is 1. The van der Waals surface area contributed by atoms with Gasteiger partial charge in [0.2, 0.25) is 0 Å². The highest BCUT2D eigenvalue weighted by molar-refractivity contribution is 6.17. The van der Waals surface area contributed by atoms with Crippen molar-refractivity contribution in [2.75, 3.05) is 19.1 Å². The fourth-order valence-corrected chi connectivity index (χ4v) is 0.539. The number of hydrogen-bond acceptors (Lipinski definition) is 2. The van der Waals surface area contributed by atoms with Crippen LogP contribution in [0.1, 0.15) is 59.3 Å². The Hall–Kier alpha value is 0.790. The highest BCUT2D eigenvalue weighted by atomic mass is 35.5. The van der Waals surface area contributed by atoms with Crippen molar-refractivity contribution in [1.82, 2.24) is 0 Å². The smallest absolute Gasteiger partial charge is 0.0431 e. The maximum Gasteiger partial charge on any atom is 0.0431 e. The molecule has 0 fully saturated rings. The minimum Gasteiger partial charge on any atom is -0.396 e. The van der Waals surface area contributed by atoms with Crippen LogP contribution in [0.25, 0.3) is 0 Å².